The molecule has 186 valence electrons. The highest BCUT2D eigenvalue weighted by Gasteiger charge is 2.49. The Bertz CT molecular complexity index is 978. The summed E-state index contributed by atoms with van der Waals surface area (Å²) in [5, 5.41) is 17.3. The zero-order valence-electron chi connectivity index (χ0n) is 20.3. The highest BCUT2D eigenvalue weighted by molar-refractivity contribution is 6.71. The smallest absolute Gasteiger partial charge is 0.414 e. The van der Waals surface area contributed by atoms with Crippen LogP contribution in [0.15, 0.2) is 30.5 Å². The van der Waals surface area contributed by atoms with E-state index in [9.17, 15) is 9.59 Å². The number of hydrogen-bond donors (Lipinski definition) is 2. The maximum absolute atomic E-state index is 11.9. The molecule has 2 aliphatic rings. The summed E-state index contributed by atoms with van der Waals surface area (Å²) in [6.07, 6.45) is 4.57. The van der Waals surface area contributed by atoms with E-state index in [1.165, 1.54) is 0 Å². The molecule has 2 fully saturated rings. The van der Waals surface area contributed by atoms with E-state index >= 15 is 0 Å². The van der Waals surface area contributed by atoms with Crippen molar-refractivity contribution in [3.8, 4) is 0 Å². The third-order valence-electron chi connectivity index (χ3n) is 7.02. The lowest BCUT2D eigenvalue weighted by Crippen LogP contribution is -2.40. The molecular weight excluding hydrogens is 452 g/mol. The van der Waals surface area contributed by atoms with Crippen LogP contribution in [0.25, 0.3) is 0 Å². The van der Waals surface area contributed by atoms with E-state index in [2.05, 4.69) is 29.4 Å². The van der Waals surface area contributed by atoms with Gasteiger partial charge in [0, 0.05) is 37.0 Å². The summed E-state index contributed by atoms with van der Waals surface area (Å²) in [6.45, 7) is 7.93. The van der Waals surface area contributed by atoms with Crippen molar-refractivity contribution in [3.63, 3.8) is 0 Å². The van der Waals surface area contributed by atoms with Crippen LogP contribution in [-0.2, 0) is 28.9 Å². The number of aryl methyl sites for hydroxylation is 2. The third-order valence-corrected chi connectivity index (χ3v) is 9.55. The largest absolute Gasteiger partial charge is 0.447 e. The fourth-order valence-corrected chi connectivity index (χ4v) is 8.09. The second kappa shape index (κ2) is 10.6. The van der Waals surface area contributed by atoms with Gasteiger partial charge in [0.15, 0.2) is 8.32 Å². The first-order chi connectivity index (χ1) is 16.3. The van der Waals surface area contributed by atoms with Gasteiger partial charge in [-0.3, -0.25) is 9.58 Å². The Kier molecular flexibility index (Phi) is 7.71. The monoisotopic (exact) mass is 488 g/mol. The number of amides is 1. The predicted molar refractivity (Wildman–Crippen MR) is 130 cm³/mol. The molecule has 4 atom stereocenters. The first-order valence-corrected chi connectivity index (χ1v) is 15.2. The fraction of sp³-hybridized carbons (Fsp3) is 0.625. The Morgan fingerprint density at radius 2 is 2.03 bits per heavy atom. The van der Waals surface area contributed by atoms with Gasteiger partial charge in [0.25, 0.3) is 0 Å². The molecule has 2 saturated heterocycles. The second-order valence-corrected chi connectivity index (χ2v) is 13.9. The van der Waals surface area contributed by atoms with E-state index in [0.717, 1.165) is 36.2 Å². The number of aliphatic hydroxyl groups is 1. The Morgan fingerprint density at radius 3 is 2.74 bits per heavy atom. The summed E-state index contributed by atoms with van der Waals surface area (Å²) in [5.74, 6) is 0.258. The molecule has 1 amide bonds. The third kappa shape index (κ3) is 5.68. The minimum absolute atomic E-state index is 0.0251. The standard InChI is InChI=1S/C24H36N4O5Si/c1-17-21(8-7-18-5-4-6-20(15-18)28-12-14-32-24(28)30)33-22(23(17)34(2,3)31)9-11-27-16-19(10-13-29)25-26-27/h4-6,15-17,21-23,29,31H,7-14H2,1-3H3/t17-,21+,22-,23+/m1/s1. The molecular formula is C24H36N4O5Si. The minimum atomic E-state index is -2.44. The molecule has 0 radical (unpaired) electrons. The number of carbonyl (C=O) groups is 1. The Morgan fingerprint density at radius 1 is 1.21 bits per heavy atom. The van der Waals surface area contributed by atoms with Crippen LogP contribution in [0.4, 0.5) is 10.5 Å². The number of rotatable bonds is 10. The van der Waals surface area contributed by atoms with E-state index in [-0.39, 0.29) is 36.4 Å². The number of aromatic nitrogens is 3. The summed E-state index contributed by atoms with van der Waals surface area (Å²) in [6, 6.07) is 8.06. The van der Waals surface area contributed by atoms with E-state index in [1.54, 1.807) is 9.58 Å². The first-order valence-electron chi connectivity index (χ1n) is 12.2. The molecule has 2 aliphatic heterocycles. The SMILES string of the molecule is C[C@H]1[C@H]([Si](C)(C)O)[C@@H](CCn2cc(CCO)nn2)O[C@H]1CCc1cccc(N2CCOC2=O)c1. The summed E-state index contributed by atoms with van der Waals surface area (Å²) in [4.78, 5) is 24.6. The molecule has 0 aliphatic carbocycles. The highest BCUT2D eigenvalue weighted by atomic mass is 28.4. The summed E-state index contributed by atoms with van der Waals surface area (Å²) in [5.41, 5.74) is 2.95. The van der Waals surface area contributed by atoms with Crippen molar-refractivity contribution in [3.05, 3.63) is 41.7 Å². The summed E-state index contributed by atoms with van der Waals surface area (Å²) >= 11 is 0. The van der Waals surface area contributed by atoms with Gasteiger partial charge in [-0.25, -0.2) is 4.79 Å². The van der Waals surface area contributed by atoms with Crippen LogP contribution in [0, 0.1) is 5.92 Å². The van der Waals surface area contributed by atoms with Gasteiger partial charge in [0.05, 0.1) is 24.4 Å². The number of aliphatic hydroxyl groups excluding tert-OH is 1. The summed E-state index contributed by atoms with van der Waals surface area (Å²) < 4.78 is 13.4. The summed E-state index contributed by atoms with van der Waals surface area (Å²) in [7, 11) is -2.44. The van der Waals surface area contributed by atoms with Crippen LogP contribution in [0.5, 0.6) is 0 Å². The van der Waals surface area contributed by atoms with Crippen LogP contribution < -0.4 is 4.90 Å². The predicted octanol–water partition coefficient (Wildman–Crippen LogP) is 2.76. The number of hydrogen-bond acceptors (Lipinski definition) is 7. The normalized spacial score (nSPS) is 25.2. The second-order valence-electron chi connectivity index (χ2n) is 9.96. The number of nitrogens with zero attached hydrogens (tertiary/aromatic N) is 4. The minimum Gasteiger partial charge on any atom is -0.447 e. The number of carbonyl (C=O) groups excluding carboxylic acids is 1. The molecule has 4 rings (SSSR count). The Labute approximate surface area is 201 Å². The van der Waals surface area contributed by atoms with E-state index in [0.29, 0.717) is 26.1 Å². The van der Waals surface area contributed by atoms with Crippen molar-refractivity contribution < 1.29 is 24.2 Å². The maximum atomic E-state index is 11.9. The van der Waals surface area contributed by atoms with E-state index in [4.69, 9.17) is 14.6 Å². The molecule has 0 bridgehead atoms. The number of anilines is 1. The zero-order chi connectivity index (χ0) is 24.3. The van der Waals surface area contributed by atoms with Crippen LogP contribution in [0.3, 0.4) is 0 Å². The van der Waals surface area contributed by atoms with Crippen LogP contribution in [-0.4, -0.2) is 71.3 Å². The first kappa shape index (κ1) is 24.8. The Hall–Kier alpha value is -2.27. The lowest BCUT2D eigenvalue weighted by atomic mass is 9.95. The van der Waals surface area contributed by atoms with Gasteiger partial charge >= 0.3 is 6.09 Å². The average Bonchev–Trinajstić information content (AvgIpc) is 3.50. The highest BCUT2D eigenvalue weighted by Crippen LogP contribution is 2.45. The molecule has 0 unspecified atom stereocenters. The van der Waals surface area contributed by atoms with Crippen molar-refractivity contribution in [2.45, 2.75) is 70.0 Å². The molecule has 0 spiro atoms. The van der Waals surface area contributed by atoms with Crippen LogP contribution >= 0.6 is 0 Å². The fourth-order valence-electron chi connectivity index (χ4n) is 5.43. The molecule has 9 nitrogen and oxygen atoms in total. The molecule has 2 aromatic rings. The van der Waals surface area contributed by atoms with E-state index < -0.39 is 8.32 Å². The van der Waals surface area contributed by atoms with E-state index in [1.807, 2.05) is 31.4 Å². The van der Waals surface area contributed by atoms with Gasteiger partial charge < -0.3 is 19.4 Å². The maximum Gasteiger partial charge on any atom is 0.414 e. The van der Waals surface area contributed by atoms with Crippen molar-refractivity contribution >= 4 is 20.1 Å². The van der Waals surface area contributed by atoms with Crippen molar-refractivity contribution in [1.29, 1.82) is 0 Å². The van der Waals surface area contributed by atoms with Gasteiger partial charge in [-0.15, -0.1) is 5.10 Å². The van der Waals surface area contributed by atoms with Crippen molar-refractivity contribution in [2.75, 3.05) is 24.7 Å². The van der Waals surface area contributed by atoms with Crippen LogP contribution in [0.2, 0.25) is 18.6 Å². The number of benzene rings is 1. The van der Waals surface area contributed by atoms with Crippen molar-refractivity contribution in [2.24, 2.45) is 5.92 Å². The number of ether oxygens (including phenoxy) is 2. The van der Waals surface area contributed by atoms with Gasteiger partial charge in [-0.05, 0) is 56.0 Å². The molecule has 3 heterocycles. The lowest BCUT2D eigenvalue weighted by molar-refractivity contribution is 0.0245. The van der Waals surface area contributed by atoms with Gasteiger partial charge in [-0.2, -0.15) is 0 Å². The molecule has 2 N–H and O–H groups in total. The Balaban J connectivity index is 1.38. The molecule has 34 heavy (non-hydrogen) atoms. The number of cyclic esters (lactones) is 1. The quantitative estimate of drug-likeness (QED) is 0.495. The molecule has 1 aromatic heterocycles. The molecule has 0 saturated carbocycles. The van der Waals surface area contributed by atoms with Gasteiger partial charge in [-0.1, -0.05) is 24.3 Å². The van der Waals surface area contributed by atoms with Gasteiger partial charge in [0.1, 0.15) is 6.61 Å². The topological polar surface area (TPSA) is 110 Å². The molecule has 10 heteroatoms. The van der Waals surface area contributed by atoms with Crippen molar-refractivity contribution in [1.82, 2.24) is 15.0 Å². The molecule has 1 aromatic carbocycles. The lowest BCUT2D eigenvalue weighted by Gasteiger charge is -2.30. The average molecular weight is 489 g/mol. The zero-order valence-corrected chi connectivity index (χ0v) is 21.3. The van der Waals surface area contributed by atoms with Gasteiger partial charge in [0.2, 0.25) is 0 Å². The van der Waals surface area contributed by atoms with Crippen LogP contribution in [0.1, 0.15) is 31.0 Å².